The first-order chi connectivity index (χ1) is 14.2. The third-order valence-electron chi connectivity index (χ3n) is 5.13. The number of carbonyl (C=O) groups is 1. The third kappa shape index (κ3) is 3.74. The number of halogens is 4. The number of carbonyl (C=O) groups excluding carboxylic acids is 1. The first kappa shape index (κ1) is 19.9. The van der Waals surface area contributed by atoms with Gasteiger partial charge in [0.1, 0.15) is 11.5 Å². The molecule has 9 heteroatoms. The van der Waals surface area contributed by atoms with Crippen LogP contribution in [0.3, 0.4) is 0 Å². The molecule has 1 aliphatic rings. The number of hydrogen-bond donors (Lipinski definition) is 1. The number of aromatic nitrogens is 3. The van der Waals surface area contributed by atoms with Crippen LogP contribution in [0.4, 0.5) is 17.6 Å². The monoisotopic (exact) mass is 416 g/mol. The molecule has 0 aliphatic carbocycles. The Labute approximate surface area is 169 Å². The topological polar surface area (TPSA) is 67.8 Å². The zero-order chi connectivity index (χ0) is 21.5. The average molecular weight is 416 g/mol. The molecule has 1 N–H and O–H groups in total. The molecule has 1 aromatic carbocycles. The number of nitrogens with one attached hydrogen (secondary N) is 1. The lowest BCUT2D eigenvalue weighted by Gasteiger charge is -2.19. The van der Waals surface area contributed by atoms with Crippen LogP contribution in [-0.4, -0.2) is 27.6 Å². The SMILES string of the molecule is C[C@H](c1cc(F)cc(C(F)(F)F)c1)c1cnnc(-c2nccc3c2CCNC3=O)c1. The van der Waals surface area contributed by atoms with Crippen molar-refractivity contribution in [2.45, 2.75) is 25.4 Å². The number of amides is 1. The van der Waals surface area contributed by atoms with Gasteiger partial charge < -0.3 is 5.32 Å². The summed E-state index contributed by atoms with van der Waals surface area (Å²) in [5.74, 6) is -1.73. The number of pyridine rings is 1. The highest BCUT2D eigenvalue weighted by molar-refractivity contribution is 5.98. The smallest absolute Gasteiger partial charge is 0.352 e. The zero-order valence-corrected chi connectivity index (χ0v) is 15.8. The van der Waals surface area contributed by atoms with Crippen LogP contribution in [0.1, 0.15) is 45.5 Å². The predicted molar refractivity (Wildman–Crippen MR) is 100 cm³/mol. The summed E-state index contributed by atoms with van der Waals surface area (Å²) in [7, 11) is 0. The summed E-state index contributed by atoms with van der Waals surface area (Å²) in [4.78, 5) is 16.4. The zero-order valence-electron chi connectivity index (χ0n) is 15.8. The number of alkyl halides is 3. The molecule has 0 spiro atoms. The molecule has 3 aromatic rings. The summed E-state index contributed by atoms with van der Waals surface area (Å²) in [6.07, 6.45) is -1.15. The van der Waals surface area contributed by atoms with Crippen LogP contribution < -0.4 is 5.32 Å². The van der Waals surface area contributed by atoms with Crippen molar-refractivity contribution in [3.05, 3.63) is 76.4 Å². The largest absolute Gasteiger partial charge is 0.416 e. The van der Waals surface area contributed by atoms with E-state index < -0.39 is 23.5 Å². The second-order valence-electron chi connectivity index (χ2n) is 7.06. The van der Waals surface area contributed by atoms with Crippen LogP contribution in [0.5, 0.6) is 0 Å². The highest BCUT2D eigenvalue weighted by Crippen LogP contribution is 2.34. The molecule has 4 rings (SSSR count). The van der Waals surface area contributed by atoms with E-state index in [9.17, 15) is 22.4 Å². The molecule has 0 bridgehead atoms. The molecule has 1 amide bonds. The molecule has 5 nitrogen and oxygen atoms in total. The van der Waals surface area contributed by atoms with Crippen molar-refractivity contribution in [1.82, 2.24) is 20.5 Å². The molecule has 1 atom stereocenters. The third-order valence-corrected chi connectivity index (χ3v) is 5.13. The number of rotatable bonds is 3. The maximum atomic E-state index is 13.8. The van der Waals surface area contributed by atoms with Crippen LogP contribution in [0.15, 0.2) is 42.7 Å². The Kier molecular flexibility index (Phi) is 4.97. The molecule has 1 aliphatic heterocycles. The molecule has 0 saturated carbocycles. The van der Waals surface area contributed by atoms with E-state index in [4.69, 9.17) is 0 Å². The number of fused-ring (bicyclic) bond motifs is 1. The lowest BCUT2D eigenvalue weighted by atomic mass is 9.91. The van der Waals surface area contributed by atoms with E-state index >= 15 is 0 Å². The van der Waals surface area contributed by atoms with Crippen molar-refractivity contribution >= 4 is 5.91 Å². The summed E-state index contributed by atoms with van der Waals surface area (Å²) in [5, 5.41) is 10.8. The molecule has 0 radical (unpaired) electrons. The van der Waals surface area contributed by atoms with E-state index in [2.05, 4.69) is 20.5 Å². The van der Waals surface area contributed by atoms with E-state index in [-0.39, 0.29) is 11.5 Å². The first-order valence-electron chi connectivity index (χ1n) is 9.21. The highest BCUT2D eigenvalue weighted by Gasteiger charge is 2.32. The Balaban J connectivity index is 1.74. The molecule has 3 heterocycles. The minimum Gasteiger partial charge on any atom is -0.352 e. The first-order valence-corrected chi connectivity index (χ1v) is 9.21. The van der Waals surface area contributed by atoms with Gasteiger partial charge in [-0.1, -0.05) is 6.92 Å². The summed E-state index contributed by atoms with van der Waals surface area (Å²) >= 11 is 0. The van der Waals surface area contributed by atoms with Gasteiger partial charge in [-0.2, -0.15) is 18.3 Å². The normalized spacial score (nSPS) is 14.8. The Hall–Kier alpha value is -3.36. The van der Waals surface area contributed by atoms with Crippen molar-refractivity contribution in [3.8, 4) is 11.4 Å². The van der Waals surface area contributed by atoms with Gasteiger partial charge >= 0.3 is 6.18 Å². The fraction of sp³-hybridized carbons (Fsp3) is 0.238. The van der Waals surface area contributed by atoms with Gasteiger partial charge in [-0.3, -0.25) is 9.78 Å². The molecule has 0 unspecified atom stereocenters. The predicted octanol–water partition coefficient (Wildman–Crippen LogP) is 4.13. The Morgan fingerprint density at radius 2 is 1.93 bits per heavy atom. The maximum absolute atomic E-state index is 13.8. The number of benzene rings is 1. The molecular formula is C21H16F4N4O. The quantitative estimate of drug-likeness (QED) is 0.652. The Morgan fingerprint density at radius 3 is 2.70 bits per heavy atom. The Morgan fingerprint density at radius 1 is 1.13 bits per heavy atom. The van der Waals surface area contributed by atoms with E-state index in [1.165, 1.54) is 12.4 Å². The fourth-order valence-electron chi connectivity index (χ4n) is 3.53. The second-order valence-corrected chi connectivity index (χ2v) is 7.06. The van der Waals surface area contributed by atoms with Gasteiger partial charge in [-0.15, -0.1) is 5.10 Å². The van der Waals surface area contributed by atoms with Crippen LogP contribution in [0.25, 0.3) is 11.4 Å². The second kappa shape index (κ2) is 7.47. The van der Waals surface area contributed by atoms with E-state index in [0.717, 1.165) is 17.7 Å². The van der Waals surface area contributed by atoms with Crippen molar-refractivity contribution in [2.75, 3.05) is 6.54 Å². The highest BCUT2D eigenvalue weighted by atomic mass is 19.4. The molecule has 0 saturated heterocycles. The van der Waals surface area contributed by atoms with Gasteiger partial charge in [0.2, 0.25) is 0 Å². The van der Waals surface area contributed by atoms with Gasteiger partial charge in [-0.25, -0.2) is 4.39 Å². The fourth-order valence-corrected chi connectivity index (χ4v) is 3.53. The molecule has 30 heavy (non-hydrogen) atoms. The molecule has 2 aromatic heterocycles. The summed E-state index contributed by atoms with van der Waals surface area (Å²) in [6, 6.07) is 5.76. The summed E-state index contributed by atoms with van der Waals surface area (Å²) < 4.78 is 53.0. The average Bonchev–Trinajstić information content (AvgIpc) is 2.72. The minimum atomic E-state index is -4.65. The van der Waals surface area contributed by atoms with Crippen molar-refractivity contribution in [3.63, 3.8) is 0 Å². The lowest BCUT2D eigenvalue weighted by molar-refractivity contribution is -0.137. The minimum absolute atomic E-state index is 0.170. The standard InChI is InChI=1S/C21H16F4N4O/c1-11(12-6-14(21(23,24)25)9-15(22)7-12)13-8-18(29-28-10-13)19-16-2-5-27-20(30)17(16)3-4-26-19/h3-4,6-11H,2,5H2,1H3,(H,27,30)/t11-/m1/s1. The number of hydrogen-bond acceptors (Lipinski definition) is 4. The van der Waals surface area contributed by atoms with E-state index in [1.807, 2.05) is 0 Å². The van der Waals surface area contributed by atoms with Crippen molar-refractivity contribution in [2.24, 2.45) is 0 Å². The van der Waals surface area contributed by atoms with Gasteiger partial charge in [0, 0.05) is 24.2 Å². The van der Waals surface area contributed by atoms with Gasteiger partial charge in [0.15, 0.2) is 0 Å². The summed E-state index contributed by atoms with van der Waals surface area (Å²) in [6.45, 7) is 2.13. The molecular weight excluding hydrogens is 400 g/mol. The van der Waals surface area contributed by atoms with Crippen LogP contribution in [0, 0.1) is 5.82 Å². The van der Waals surface area contributed by atoms with E-state index in [0.29, 0.717) is 41.5 Å². The van der Waals surface area contributed by atoms with Gasteiger partial charge in [-0.05, 0) is 53.4 Å². The van der Waals surface area contributed by atoms with Crippen molar-refractivity contribution in [1.29, 1.82) is 0 Å². The van der Waals surface area contributed by atoms with Crippen molar-refractivity contribution < 1.29 is 22.4 Å². The lowest BCUT2D eigenvalue weighted by Crippen LogP contribution is -2.32. The summed E-state index contributed by atoms with van der Waals surface area (Å²) in [5.41, 5.74) is 1.83. The molecule has 154 valence electrons. The van der Waals surface area contributed by atoms with Crippen LogP contribution >= 0.6 is 0 Å². The maximum Gasteiger partial charge on any atom is 0.416 e. The Bertz CT molecular complexity index is 1130. The van der Waals surface area contributed by atoms with Gasteiger partial charge in [0.05, 0.1) is 17.5 Å². The molecule has 0 fully saturated rings. The van der Waals surface area contributed by atoms with E-state index in [1.54, 1.807) is 19.1 Å². The van der Waals surface area contributed by atoms with Crippen LogP contribution in [0.2, 0.25) is 0 Å². The van der Waals surface area contributed by atoms with Crippen LogP contribution in [-0.2, 0) is 12.6 Å². The number of nitrogens with zero attached hydrogens (tertiary/aromatic N) is 3. The van der Waals surface area contributed by atoms with Gasteiger partial charge in [0.25, 0.3) is 5.91 Å².